The molecule has 0 aromatic rings. The van der Waals surface area contributed by atoms with Gasteiger partial charge in [0.15, 0.2) is 0 Å². The van der Waals surface area contributed by atoms with Crippen LogP contribution in [0.5, 0.6) is 0 Å². The van der Waals surface area contributed by atoms with Crippen LogP contribution in [0.3, 0.4) is 0 Å². The Morgan fingerprint density at radius 1 is 1.46 bits per heavy atom. The van der Waals surface area contributed by atoms with Gasteiger partial charge in [0.25, 0.3) is 0 Å². The second-order valence-electron chi connectivity index (χ2n) is 3.40. The minimum absolute atomic E-state index is 0.455. The summed E-state index contributed by atoms with van der Waals surface area (Å²) in [6.45, 7) is 10.9. The molecule has 76 valence electrons. The summed E-state index contributed by atoms with van der Waals surface area (Å²) in [6, 6.07) is 0.455. The molecule has 0 radical (unpaired) electrons. The Labute approximate surface area is 82.1 Å². The Morgan fingerprint density at radius 2 is 2.15 bits per heavy atom. The molecule has 0 aliphatic rings. The lowest BCUT2D eigenvalue weighted by molar-refractivity contribution is 0.469. The predicted octanol–water partition coefficient (Wildman–Crippen LogP) is 2.62. The molecule has 1 N–H and O–H groups in total. The van der Waals surface area contributed by atoms with Gasteiger partial charge in [0.1, 0.15) is 0 Å². The second-order valence-corrected chi connectivity index (χ2v) is 3.40. The van der Waals surface area contributed by atoms with Crippen molar-refractivity contribution in [1.82, 2.24) is 5.32 Å². The molecular formula is C11H22N2. The van der Waals surface area contributed by atoms with Gasteiger partial charge in [-0.2, -0.15) is 0 Å². The number of nitrogens with zero attached hydrogens (tertiary/aromatic N) is 1. The minimum Gasteiger partial charge on any atom is -0.295 e. The number of hydrogen-bond donors (Lipinski definition) is 1. The van der Waals surface area contributed by atoms with E-state index in [-0.39, 0.29) is 0 Å². The predicted molar refractivity (Wildman–Crippen MR) is 60.2 cm³/mol. The van der Waals surface area contributed by atoms with E-state index < -0.39 is 0 Å². The third kappa shape index (κ3) is 6.52. The maximum Gasteiger partial charge on any atom is 0.0882 e. The molecule has 0 fully saturated rings. The summed E-state index contributed by atoms with van der Waals surface area (Å²) in [4.78, 5) is 4.25. The normalized spacial score (nSPS) is 15.9. The van der Waals surface area contributed by atoms with Crippen molar-refractivity contribution in [2.24, 2.45) is 10.9 Å². The molecular weight excluding hydrogens is 160 g/mol. The number of rotatable bonds is 7. The molecule has 0 amide bonds. The molecule has 0 bridgehead atoms. The monoisotopic (exact) mass is 182 g/mol. The average Bonchev–Trinajstić information content (AvgIpc) is 2.16. The lowest BCUT2D eigenvalue weighted by Gasteiger charge is -2.16. The number of aliphatic imine (C=N–C) groups is 1. The van der Waals surface area contributed by atoms with E-state index in [9.17, 15) is 0 Å². The zero-order valence-electron chi connectivity index (χ0n) is 9.09. The fourth-order valence-electron chi connectivity index (χ4n) is 0.872. The van der Waals surface area contributed by atoms with Crippen molar-refractivity contribution >= 4 is 6.21 Å². The average molecular weight is 182 g/mol. The first-order chi connectivity index (χ1) is 6.22. The van der Waals surface area contributed by atoms with Crippen LogP contribution >= 0.6 is 0 Å². The summed E-state index contributed by atoms with van der Waals surface area (Å²) in [6.07, 6.45) is 6.20. The quantitative estimate of drug-likeness (QED) is 0.475. The van der Waals surface area contributed by atoms with E-state index in [2.05, 4.69) is 37.7 Å². The summed E-state index contributed by atoms with van der Waals surface area (Å²) in [5, 5.41) is 3.32. The Bertz CT molecular complexity index is 152. The van der Waals surface area contributed by atoms with Crippen LogP contribution in [0.2, 0.25) is 0 Å². The fourth-order valence-corrected chi connectivity index (χ4v) is 0.872. The van der Waals surface area contributed by atoms with E-state index in [4.69, 9.17) is 0 Å². The van der Waals surface area contributed by atoms with Gasteiger partial charge in [-0.15, -0.1) is 6.58 Å². The van der Waals surface area contributed by atoms with E-state index >= 15 is 0 Å². The lowest BCUT2D eigenvalue weighted by Crippen LogP contribution is -2.31. The summed E-state index contributed by atoms with van der Waals surface area (Å²) >= 11 is 0. The van der Waals surface area contributed by atoms with Crippen LogP contribution in [-0.4, -0.2) is 18.9 Å². The van der Waals surface area contributed by atoms with Gasteiger partial charge in [0, 0.05) is 12.3 Å². The maximum absolute atomic E-state index is 4.25. The molecule has 0 heterocycles. The van der Waals surface area contributed by atoms with Crippen molar-refractivity contribution in [1.29, 1.82) is 0 Å². The maximum atomic E-state index is 4.25. The van der Waals surface area contributed by atoms with E-state index in [0.29, 0.717) is 12.0 Å². The van der Waals surface area contributed by atoms with Crippen LogP contribution in [-0.2, 0) is 0 Å². The van der Waals surface area contributed by atoms with Gasteiger partial charge in [-0.05, 0) is 19.3 Å². The van der Waals surface area contributed by atoms with E-state index in [1.54, 1.807) is 0 Å². The molecule has 13 heavy (non-hydrogen) atoms. The zero-order chi connectivity index (χ0) is 10.1. The largest absolute Gasteiger partial charge is 0.295 e. The topological polar surface area (TPSA) is 24.4 Å². The Kier molecular flexibility index (Phi) is 7.60. The first kappa shape index (κ1) is 12.4. The summed E-state index contributed by atoms with van der Waals surface area (Å²) in [7, 11) is 0. The van der Waals surface area contributed by atoms with Crippen molar-refractivity contribution in [2.75, 3.05) is 6.67 Å². The van der Waals surface area contributed by atoms with Crippen LogP contribution in [0, 0.1) is 5.92 Å². The number of unbranched alkanes of at least 4 members (excludes halogenated alkanes) is 1. The molecule has 2 atom stereocenters. The van der Waals surface area contributed by atoms with Crippen molar-refractivity contribution in [3.63, 3.8) is 0 Å². The second kappa shape index (κ2) is 7.99. The van der Waals surface area contributed by atoms with E-state index in [1.165, 1.54) is 6.42 Å². The molecule has 0 rings (SSSR count). The highest BCUT2D eigenvalue weighted by Crippen LogP contribution is 2.01. The lowest BCUT2D eigenvalue weighted by atomic mass is 10.1. The van der Waals surface area contributed by atoms with Crippen molar-refractivity contribution < 1.29 is 0 Å². The summed E-state index contributed by atoms with van der Waals surface area (Å²) in [5.74, 6) is 0.501. The van der Waals surface area contributed by atoms with Gasteiger partial charge in [-0.3, -0.25) is 10.3 Å². The SMILES string of the molecule is C=C[C@H](C)[C@@H](C)NC/N=C\CCC. The van der Waals surface area contributed by atoms with Gasteiger partial charge in [-0.1, -0.05) is 26.3 Å². The third-order valence-corrected chi connectivity index (χ3v) is 2.21. The first-order valence-corrected chi connectivity index (χ1v) is 5.06. The standard InChI is InChI=1S/C11H22N2/c1-5-7-8-12-9-13-11(4)10(3)6-2/h6,8,10-11,13H,2,5,7,9H2,1,3-4H3/b12-8-/t10-,11+/m0/s1. The molecule has 2 nitrogen and oxygen atoms in total. The summed E-state index contributed by atoms with van der Waals surface area (Å²) in [5.41, 5.74) is 0. The van der Waals surface area contributed by atoms with Crippen LogP contribution in [0.4, 0.5) is 0 Å². The zero-order valence-corrected chi connectivity index (χ0v) is 9.09. The molecule has 0 saturated heterocycles. The molecule has 0 unspecified atom stereocenters. The summed E-state index contributed by atoms with van der Waals surface area (Å²) < 4.78 is 0. The Hall–Kier alpha value is -0.630. The van der Waals surface area contributed by atoms with Gasteiger partial charge < -0.3 is 0 Å². The molecule has 0 aliphatic carbocycles. The number of hydrogen-bond acceptors (Lipinski definition) is 2. The molecule has 2 heteroatoms. The highest BCUT2D eigenvalue weighted by Gasteiger charge is 2.05. The van der Waals surface area contributed by atoms with Crippen molar-refractivity contribution in [3.8, 4) is 0 Å². The Balaban J connectivity index is 3.46. The van der Waals surface area contributed by atoms with Gasteiger partial charge in [0.05, 0.1) is 6.67 Å². The van der Waals surface area contributed by atoms with Crippen LogP contribution in [0.15, 0.2) is 17.6 Å². The van der Waals surface area contributed by atoms with Crippen LogP contribution in [0.1, 0.15) is 33.6 Å². The van der Waals surface area contributed by atoms with Gasteiger partial charge >= 0.3 is 0 Å². The molecule has 0 aromatic carbocycles. The molecule has 0 aliphatic heterocycles. The molecule has 0 aromatic heterocycles. The smallest absolute Gasteiger partial charge is 0.0882 e. The van der Waals surface area contributed by atoms with Gasteiger partial charge in [-0.25, -0.2) is 0 Å². The van der Waals surface area contributed by atoms with E-state index in [1.807, 2.05) is 12.3 Å². The van der Waals surface area contributed by atoms with E-state index in [0.717, 1.165) is 13.1 Å². The van der Waals surface area contributed by atoms with Crippen LogP contribution < -0.4 is 5.32 Å². The fraction of sp³-hybridized carbons (Fsp3) is 0.727. The third-order valence-electron chi connectivity index (χ3n) is 2.21. The Morgan fingerprint density at radius 3 is 2.69 bits per heavy atom. The van der Waals surface area contributed by atoms with Crippen molar-refractivity contribution in [2.45, 2.75) is 39.7 Å². The first-order valence-electron chi connectivity index (χ1n) is 5.06. The highest BCUT2D eigenvalue weighted by atomic mass is 15.0. The van der Waals surface area contributed by atoms with Crippen molar-refractivity contribution in [3.05, 3.63) is 12.7 Å². The van der Waals surface area contributed by atoms with Crippen LogP contribution in [0.25, 0.3) is 0 Å². The minimum atomic E-state index is 0.455. The number of nitrogens with one attached hydrogen (secondary N) is 1. The molecule has 0 saturated carbocycles. The molecule has 0 spiro atoms. The highest BCUT2D eigenvalue weighted by molar-refractivity contribution is 5.56. The van der Waals surface area contributed by atoms with Gasteiger partial charge in [0.2, 0.25) is 0 Å².